The summed E-state index contributed by atoms with van der Waals surface area (Å²) >= 11 is 0. The van der Waals surface area contributed by atoms with Crippen molar-refractivity contribution in [3.8, 4) is 0 Å². The molecule has 1 saturated carbocycles. The van der Waals surface area contributed by atoms with Crippen LogP contribution in [0.5, 0.6) is 0 Å². The molecule has 10 heteroatoms. The van der Waals surface area contributed by atoms with Gasteiger partial charge in [0.2, 0.25) is 5.91 Å². The summed E-state index contributed by atoms with van der Waals surface area (Å²) in [7, 11) is 0. The number of carbonyl (C=O) groups excluding carboxylic acids is 2. The standard InChI is InChI=1S/C25H29F3N4O3/c1-16-9-10-32(23(34)11-16)21-7-5-20(6-8-21)31-14-19(15-31)30-22(33)13-29-24(35)17-3-2-4-18(12-17)25(26,27)28/h2-4,9-12,19-21H,5-8,13-15H2,1H3,(H,29,35)(H,30,33). The molecule has 0 atom stereocenters. The normalized spacial score (nSPS) is 21.3. The lowest BCUT2D eigenvalue weighted by Crippen LogP contribution is -2.63. The van der Waals surface area contributed by atoms with Crippen molar-refractivity contribution in [2.24, 2.45) is 0 Å². The van der Waals surface area contributed by atoms with Crippen LogP contribution in [0.3, 0.4) is 0 Å². The zero-order chi connectivity index (χ0) is 25.2. The highest BCUT2D eigenvalue weighted by molar-refractivity contribution is 5.96. The molecule has 1 saturated heterocycles. The maximum absolute atomic E-state index is 12.8. The Bertz CT molecular complexity index is 1130. The number of rotatable bonds is 6. The van der Waals surface area contributed by atoms with Crippen molar-refractivity contribution in [3.05, 3.63) is 69.6 Å². The fourth-order valence-corrected chi connectivity index (χ4v) is 4.87. The van der Waals surface area contributed by atoms with Crippen LogP contribution in [0.2, 0.25) is 0 Å². The quantitative estimate of drug-likeness (QED) is 0.653. The van der Waals surface area contributed by atoms with Crippen LogP contribution in [0, 0.1) is 6.92 Å². The van der Waals surface area contributed by atoms with Crippen molar-refractivity contribution in [3.63, 3.8) is 0 Å². The Kier molecular flexibility index (Phi) is 7.30. The molecular formula is C25H29F3N4O3. The number of pyridine rings is 1. The number of aryl methyl sites for hydroxylation is 1. The molecular weight excluding hydrogens is 461 g/mol. The lowest BCUT2D eigenvalue weighted by atomic mass is 9.87. The lowest BCUT2D eigenvalue weighted by Gasteiger charge is -2.46. The Labute approximate surface area is 201 Å². The maximum atomic E-state index is 12.8. The first-order chi connectivity index (χ1) is 16.6. The van der Waals surface area contributed by atoms with E-state index in [4.69, 9.17) is 0 Å². The van der Waals surface area contributed by atoms with Gasteiger partial charge in [0.15, 0.2) is 0 Å². The van der Waals surface area contributed by atoms with E-state index in [2.05, 4.69) is 15.5 Å². The highest BCUT2D eigenvalue weighted by atomic mass is 19.4. The van der Waals surface area contributed by atoms with Gasteiger partial charge in [-0.15, -0.1) is 0 Å². The highest BCUT2D eigenvalue weighted by Crippen LogP contribution is 2.32. The van der Waals surface area contributed by atoms with Crippen LogP contribution >= 0.6 is 0 Å². The molecule has 2 fully saturated rings. The summed E-state index contributed by atoms with van der Waals surface area (Å²) in [5, 5.41) is 5.23. The van der Waals surface area contributed by atoms with Crippen molar-refractivity contribution < 1.29 is 22.8 Å². The van der Waals surface area contributed by atoms with E-state index in [0.717, 1.165) is 49.4 Å². The number of aromatic nitrogens is 1. The van der Waals surface area contributed by atoms with E-state index >= 15 is 0 Å². The minimum atomic E-state index is -4.54. The van der Waals surface area contributed by atoms with E-state index < -0.39 is 17.6 Å². The SMILES string of the molecule is Cc1ccn(C2CCC(N3CC(NC(=O)CNC(=O)c4cccc(C(F)(F)F)c4)C3)CC2)c(=O)c1. The molecule has 1 aliphatic carbocycles. The van der Waals surface area contributed by atoms with Crippen LogP contribution < -0.4 is 16.2 Å². The zero-order valence-electron chi connectivity index (χ0n) is 19.5. The predicted octanol–water partition coefficient (Wildman–Crippen LogP) is 2.89. The molecule has 0 bridgehead atoms. The first-order valence-corrected chi connectivity index (χ1v) is 11.8. The van der Waals surface area contributed by atoms with Crippen LogP contribution in [0.15, 0.2) is 47.4 Å². The van der Waals surface area contributed by atoms with Gasteiger partial charge in [0, 0.05) is 43.0 Å². The molecule has 2 aliphatic rings. The van der Waals surface area contributed by atoms with Crippen molar-refractivity contribution in [2.75, 3.05) is 19.6 Å². The van der Waals surface area contributed by atoms with E-state index in [0.29, 0.717) is 19.1 Å². The molecule has 7 nitrogen and oxygen atoms in total. The number of hydrogen-bond acceptors (Lipinski definition) is 4. The fraction of sp³-hybridized carbons (Fsp3) is 0.480. The third kappa shape index (κ3) is 6.11. The molecule has 0 unspecified atom stereocenters. The largest absolute Gasteiger partial charge is 0.416 e. The van der Waals surface area contributed by atoms with Gasteiger partial charge in [-0.2, -0.15) is 13.2 Å². The number of halogens is 3. The van der Waals surface area contributed by atoms with Crippen molar-refractivity contribution >= 4 is 11.8 Å². The molecule has 2 aromatic rings. The smallest absolute Gasteiger partial charge is 0.349 e. The molecule has 1 aromatic heterocycles. The molecule has 1 aromatic carbocycles. The Morgan fingerprint density at radius 3 is 2.37 bits per heavy atom. The summed E-state index contributed by atoms with van der Waals surface area (Å²) in [6.07, 6.45) is 1.17. The van der Waals surface area contributed by atoms with Crippen LogP contribution in [0.25, 0.3) is 0 Å². The van der Waals surface area contributed by atoms with Crippen LogP contribution in [0.1, 0.15) is 53.2 Å². The van der Waals surface area contributed by atoms with E-state index in [1.165, 1.54) is 6.07 Å². The number of carbonyl (C=O) groups is 2. The second-order valence-corrected chi connectivity index (χ2v) is 9.39. The zero-order valence-corrected chi connectivity index (χ0v) is 19.5. The van der Waals surface area contributed by atoms with Crippen molar-refractivity contribution in [1.82, 2.24) is 20.1 Å². The summed E-state index contributed by atoms with van der Waals surface area (Å²) in [4.78, 5) is 38.9. The summed E-state index contributed by atoms with van der Waals surface area (Å²) in [5.74, 6) is -1.11. The molecule has 2 N–H and O–H groups in total. The predicted molar refractivity (Wildman–Crippen MR) is 124 cm³/mol. The number of nitrogens with one attached hydrogen (secondary N) is 2. The third-order valence-electron chi connectivity index (χ3n) is 6.82. The van der Waals surface area contributed by atoms with Crippen LogP contribution in [-0.4, -0.2) is 53.0 Å². The number of likely N-dealkylation sites (tertiary alicyclic amines) is 1. The van der Waals surface area contributed by atoms with Gasteiger partial charge in [0.25, 0.3) is 11.5 Å². The van der Waals surface area contributed by atoms with Gasteiger partial charge in [-0.25, -0.2) is 0 Å². The average molecular weight is 491 g/mol. The minimum Gasteiger partial charge on any atom is -0.349 e. The Morgan fingerprint density at radius 2 is 1.71 bits per heavy atom. The maximum Gasteiger partial charge on any atom is 0.416 e. The first kappa shape index (κ1) is 25.0. The average Bonchev–Trinajstić information content (AvgIpc) is 2.79. The monoisotopic (exact) mass is 490 g/mol. The second-order valence-electron chi connectivity index (χ2n) is 9.39. The van der Waals surface area contributed by atoms with Gasteiger partial charge in [-0.3, -0.25) is 19.3 Å². The second kappa shape index (κ2) is 10.2. The number of benzene rings is 1. The van der Waals surface area contributed by atoms with E-state index in [1.807, 2.05) is 23.8 Å². The number of alkyl halides is 3. The number of hydrogen-bond donors (Lipinski definition) is 2. The summed E-state index contributed by atoms with van der Waals surface area (Å²) < 4.78 is 40.3. The molecule has 0 spiro atoms. The van der Waals surface area contributed by atoms with Crippen molar-refractivity contribution in [1.29, 1.82) is 0 Å². The van der Waals surface area contributed by atoms with Crippen LogP contribution in [-0.2, 0) is 11.0 Å². The number of nitrogens with zero attached hydrogens (tertiary/aromatic N) is 2. The van der Waals surface area contributed by atoms with Crippen molar-refractivity contribution in [2.45, 2.75) is 56.9 Å². The third-order valence-corrected chi connectivity index (χ3v) is 6.82. The molecule has 35 heavy (non-hydrogen) atoms. The molecule has 1 aliphatic heterocycles. The molecule has 2 heterocycles. The van der Waals surface area contributed by atoms with Gasteiger partial charge < -0.3 is 15.2 Å². The Morgan fingerprint density at radius 1 is 1.03 bits per heavy atom. The molecule has 188 valence electrons. The fourth-order valence-electron chi connectivity index (χ4n) is 4.87. The van der Waals surface area contributed by atoms with Gasteiger partial charge in [-0.05, 0) is 62.4 Å². The van der Waals surface area contributed by atoms with Gasteiger partial charge in [-0.1, -0.05) is 6.07 Å². The minimum absolute atomic E-state index is 0.0228. The topological polar surface area (TPSA) is 83.4 Å². The number of amides is 2. The molecule has 4 rings (SSSR count). The summed E-state index contributed by atoms with van der Waals surface area (Å²) in [6.45, 7) is 3.04. The van der Waals surface area contributed by atoms with E-state index in [9.17, 15) is 27.6 Å². The van der Waals surface area contributed by atoms with Gasteiger partial charge in [0.1, 0.15) is 0 Å². The highest BCUT2D eigenvalue weighted by Gasteiger charge is 2.35. The molecule has 2 amide bonds. The van der Waals surface area contributed by atoms with Crippen LogP contribution in [0.4, 0.5) is 13.2 Å². The van der Waals surface area contributed by atoms with Gasteiger partial charge in [0.05, 0.1) is 18.2 Å². The van der Waals surface area contributed by atoms with E-state index in [1.54, 1.807) is 6.07 Å². The Hall–Kier alpha value is -3.14. The van der Waals surface area contributed by atoms with Gasteiger partial charge >= 0.3 is 6.18 Å². The summed E-state index contributed by atoms with van der Waals surface area (Å²) in [5.41, 5.74) is -0.0563. The van der Waals surface area contributed by atoms with E-state index in [-0.39, 0.29) is 35.7 Å². The lowest BCUT2D eigenvalue weighted by molar-refractivity contribution is -0.137. The Balaban J connectivity index is 1.17. The summed E-state index contributed by atoms with van der Waals surface area (Å²) in [6, 6.07) is 8.32. The molecule has 0 radical (unpaired) electrons. The first-order valence-electron chi connectivity index (χ1n) is 11.8.